The van der Waals surface area contributed by atoms with Gasteiger partial charge in [0.1, 0.15) is 12.0 Å². The van der Waals surface area contributed by atoms with E-state index in [1.165, 1.54) is 17.2 Å². The van der Waals surface area contributed by atoms with E-state index in [1.807, 2.05) is 42.5 Å². The minimum absolute atomic E-state index is 0.128. The van der Waals surface area contributed by atoms with Crippen LogP contribution in [0.3, 0.4) is 0 Å². The smallest absolute Gasteiger partial charge is 0.416 e. The van der Waals surface area contributed by atoms with Crippen LogP contribution in [0, 0.1) is 0 Å². The fourth-order valence-corrected chi connectivity index (χ4v) is 3.23. The van der Waals surface area contributed by atoms with Crippen molar-refractivity contribution in [3.63, 3.8) is 0 Å². The Balaban J connectivity index is 1.77. The van der Waals surface area contributed by atoms with Gasteiger partial charge in [-0.3, -0.25) is 0 Å². The first-order valence-electron chi connectivity index (χ1n) is 8.56. The van der Waals surface area contributed by atoms with Gasteiger partial charge in [0.15, 0.2) is 11.5 Å². The molecule has 0 spiro atoms. The van der Waals surface area contributed by atoms with E-state index in [9.17, 15) is 18.3 Å². The Morgan fingerprint density at radius 3 is 2.43 bits per heavy atom. The fraction of sp³-hybridized carbons (Fsp3) is 0.0909. The lowest BCUT2D eigenvalue weighted by Gasteiger charge is -2.19. The van der Waals surface area contributed by atoms with Crippen LogP contribution >= 0.6 is 0 Å². The van der Waals surface area contributed by atoms with E-state index in [0.29, 0.717) is 5.56 Å². The zero-order valence-electron chi connectivity index (χ0n) is 14.9. The first kappa shape index (κ1) is 18.0. The highest BCUT2D eigenvalue weighted by atomic mass is 19.4. The Labute approximate surface area is 159 Å². The van der Waals surface area contributed by atoms with E-state index in [2.05, 4.69) is 0 Å². The molecule has 3 nitrogen and oxygen atoms in total. The number of furan rings is 1. The molecule has 0 atom stereocenters. The molecule has 4 aromatic rings. The Kier molecular flexibility index (Phi) is 4.26. The van der Waals surface area contributed by atoms with Gasteiger partial charge in [-0.1, -0.05) is 48.5 Å². The molecule has 0 saturated heterocycles. The molecule has 4 rings (SSSR count). The summed E-state index contributed by atoms with van der Waals surface area (Å²) in [5, 5.41) is 12.6. The minimum atomic E-state index is -4.44. The van der Waals surface area contributed by atoms with E-state index in [1.54, 1.807) is 13.1 Å². The zero-order chi connectivity index (χ0) is 19.9. The zero-order valence-corrected chi connectivity index (χ0v) is 14.9. The summed E-state index contributed by atoms with van der Waals surface area (Å²) in [6.07, 6.45) is -3.10. The van der Waals surface area contributed by atoms with Crippen LogP contribution in [0.25, 0.3) is 22.1 Å². The second kappa shape index (κ2) is 6.64. The van der Waals surface area contributed by atoms with Crippen LogP contribution in [0.4, 0.5) is 24.5 Å². The Bertz CT molecular complexity index is 1140. The van der Waals surface area contributed by atoms with Crippen molar-refractivity contribution < 1.29 is 22.7 Å². The van der Waals surface area contributed by atoms with Crippen molar-refractivity contribution in [3.8, 4) is 17.1 Å². The summed E-state index contributed by atoms with van der Waals surface area (Å²) in [6.45, 7) is 0. The summed E-state index contributed by atoms with van der Waals surface area (Å²) >= 11 is 0. The number of nitrogens with zero attached hydrogens (tertiary/aromatic N) is 1. The van der Waals surface area contributed by atoms with Crippen molar-refractivity contribution in [1.82, 2.24) is 0 Å². The number of benzene rings is 3. The lowest BCUT2D eigenvalue weighted by molar-refractivity contribution is -0.137. The highest BCUT2D eigenvalue weighted by molar-refractivity contribution is 5.97. The standard InChI is InChI=1S/C22H16F3NO2/c1-26(16-9-5-8-15(12-16)22(23,24)25)19-13-28-21(20(19)27)18-11-4-7-14-6-2-3-10-17(14)18/h2-13,27H,1H3. The van der Waals surface area contributed by atoms with Gasteiger partial charge < -0.3 is 14.4 Å². The molecule has 1 aromatic heterocycles. The lowest BCUT2D eigenvalue weighted by Crippen LogP contribution is -2.11. The predicted octanol–water partition coefficient (Wildman–Crippen LogP) is 6.59. The number of aromatic hydroxyl groups is 1. The average Bonchev–Trinajstić information content (AvgIpc) is 3.07. The molecule has 0 radical (unpaired) electrons. The summed E-state index contributed by atoms with van der Waals surface area (Å²) in [5.74, 6) is 0.141. The van der Waals surface area contributed by atoms with E-state index in [-0.39, 0.29) is 22.9 Å². The number of halogens is 3. The number of hydrogen-bond donors (Lipinski definition) is 1. The highest BCUT2D eigenvalue weighted by Gasteiger charge is 2.31. The van der Waals surface area contributed by atoms with Gasteiger partial charge in [0.25, 0.3) is 0 Å². The molecule has 0 unspecified atom stereocenters. The molecule has 28 heavy (non-hydrogen) atoms. The number of rotatable bonds is 3. The second-order valence-corrected chi connectivity index (χ2v) is 6.43. The monoisotopic (exact) mass is 383 g/mol. The topological polar surface area (TPSA) is 36.6 Å². The molecule has 0 aliphatic carbocycles. The van der Waals surface area contributed by atoms with Crippen LogP contribution in [0.1, 0.15) is 5.56 Å². The molecule has 0 aliphatic heterocycles. The summed E-state index contributed by atoms with van der Waals surface area (Å²) in [6, 6.07) is 18.2. The minimum Gasteiger partial charge on any atom is -0.503 e. The van der Waals surface area contributed by atoms with Crippen molar-refractivity contribution in [2.24, 2.45) is 0 Å². The molecule has 1 heterocycles. The Hall–Kier alpha value is -3.41. The summed E-state index contributed by atoms with van der Waals surface area (Å²) in [5.41, 5.74) is 0.519. The quantitative estimate of drug-likeness (QED) is 0.433. The van der Waals surface area contributed by atoms with Crippen molar-refractivity contribution >= 4 is 22.1 Å². The number of fused-ring (bicyclic) bond motifs is 1. The maximum absolute atomic E-state index is 13.0. The van der Waals surface area contributed by atoms with Crippen LogP contribution in [-0.2, 0) is 6.18 Å². The van der Waals surface area contributed by atoms with Gasteiger partial charge in [-0.25, -0.2) is 0 Å². The molecule has 0 bridgehead atoms. The van der Waals surface area contributed by atoms with Crippen LogP contribution in [-0.4, -0.2) is 12.2 Å². The van der Waals surface area contributed by atoms with Crippen LogP contribution < -0.4 is 4.90 Å². The third-order valence-corrected chi connectivity index (χ3v) is 4.70. The normalized spacial score (nSPS) is 11.7. The number of alkyl halides is 3. The van der Waals surface area contributed by atoms with E-state index in [4.69, 9.17) is 4.42 Å². The molecular formula is C22H16F3NO2. The fourth-order valence-electron chi connectivity index (χ4n) is 3.23. The van der Waals surface area contributed by atoms with Crippen molar-refractivity contribution in [2.45, 2.75) is 6.18 Å². The van der Waals surface area contributed by atoms with Gasteiger partial charge in [0, 0.05) is 18.3 Å². The Morgan fingerprint density at radius 2 is 1.64 bits per heavy atom. The van der Waals surface area contributed by atoms with Gasteiger partial charge in [0.2, 0.25) is 0 Å². The Morgan fingerprint density at radius 1 is 0.929 bits per heavy atom. The van der Waals surface area contributed by atoms with Gasteiger partial charge in [-0.2, -0.15) is 13.2 Å². The second-order valence-electron chi connectivity index (χ2n) is 6.43. The van der Waals surface area contributed by atoms with Gasteiger partial charge in [-0.15, -0.1) is 0 Å². The molecule has 1 N–H and O–H groups in total. The van der Waals surface area contributed by atoms with E-state index < -0.39 is 11.7 Å². The van der Waals surface area contributed by atoms with E-state index >= 15 is 0 Å². The van der Waals surface area contributed by atoms with Gasteiger partial charge in [-0.05, 0) is 29.0 Å². The molecule has 0 amide bonds. The number of anilines is 2. The summed E-state index contributed by atoms with van der Waals surface area (Å²) < 4.78 is 44.6. The largest absolute Gasteiger partial charge is 0.503 e. The molecule has 6 heteroatoms. The SMILES string of the molecule is CN(c1cccc(C(F)(F)F)c1)c1coc(-c2cccc3ccccc23)c1O. The van der Waals surface area contributed by atoms with Crippen LogP contribution in [0.5, 0.6) is 5.75 Å². The van der Waals surface area contributed by atoms with E-state index in [0.717, 1.165) is 22.9 Å². The predicted molar refractivity (Wildman–Crippen MR) is 103 cm³/mol. The molecule has 0 saturated carbocycles. The van der Waals surface area contributed by atoms with Gasteiger partial charge in [0.05, 0.1) is 5.56 Å². The van der Waals surface area contributed by atoms with Crippen molar-refractivity contribution in [1.29, 1.82) is 0 Å². The lowest BCUT2D eigenvalue weighted by atomic mass is 10.0. The summed E-state index contributed by atoms with van der Waals surface area (Å²) in [4.78, 5) is 1.46. The molecule has 142 valence electrons. The third kappa shape index (κ3) is 3.07. The maximum Gasteiger partial charge on any atom is 0.416 e. The average molecular weight is 383 g/mol. The number of hydrogen-bond acceptors (Lipinski definition) is 3. The molecule has 3 aromatic carbocycles. The highest BCUT2D eigenvalue weighted by Crippen LogP contribution is 2.44. The first-order chi connectivity index (χ1) is 13.4. The van der Waals surface area contributed by atoms with Crippen LogP contribution in [0.2, 0.25) is 0 Å². The summed E-state index contributed by atoms with van der Waals surface area (Å²) in [7, 11) is 1.58. The van der Waals surface area contributed by atoms with Gasteiger partial charge >= 0.3 is 6.18 Å². The maximum atomic E-state index is 13.0. The van der Waals surface area contributed by atoms with Crippen LogP contribution in [0.15, 0.2) is 77.4 Å². The third-order valence-electron chi connectivity index (χ3n) is 4.70. The van der Waals surface area contributed by atoms with Crippen molar-refractivity contribution in [3.05, 3.63) is 78.6 Å². The molecule has 0 fully saturated rings. The molecule has 0 aliphatic rings. The van der Waals surface area contributed by atoms with Crippen molar-refractivity contribution in [2.75, 3.05) is 11.9 Å². The molecular weight excluding hydrogens is 367 g/mol. The first-order valence-corrected chi connectivity index (χ1v) is 8.56.